The number of carbonyl (C=O) groups is 1. The minimum atomic E-state index is -0.924. The molecule has 1 aromatic rings. The van der Waals surface area contributed by atoms with Crippen molar-refractivity contribution in [3.05, 3.63) is 29.6 Å². The number of halogens is 1. The van der Waals surface area contributed by atoms with Gasteiger partial charge < -0.3 is 10.8 Å². The van der Waals surface area contributed by atoms with Crippen LogP contribution in [0.3, 0.4) is 0 Å². The first-order valence-corrected chi connectivity index (χ1v) is 4.35. The lowest BCUT2D eigenvalue weighted by atomic mass is 9.94. The van der Waals surface area contributed by atoms with Gasteiger partial charge in [-0.05, 0) is 36.6 Å². The second kappa shape index (κ2) is 2.70. The summed E-state index contributed by atoms with van der Waals surface area (Å²) in [5.74, 6) is -1.36. The fourth-order valence-electron chi connectivity index (χ4n) is 1.67. The van der Waals surface area contributed by atoms with Gasteiger partial charge in [-0.1, -0.05) is 0 Å². The van der Waals surface area contributed by atoms with Crippen LogP contribution in [0.25, 0.3) is 0 Å². The molecule has 3 N–H and O–H groups in total. The van der Waals surface area contributed by atoms with Gasteiger partial charge >= 0.3 is 5.97 Å². The second-order valence-electron chi connectivity index (χ2n) is 3.62. The Kier molecular flexibility index (Phi) is 1.74. The van der Waals surface area contributed by atoms with Gasteiger partial charge in [-0.2, -0.15) is 0 Å². The maximum Gasteiger partial charge on any atom is 0.314 e. The number of carboxylic acids is 1. The summed E-state index contributed by atoms with van der Waals surface area (Å²) in [6.07, 6.45) is 1.08. The van der Waals surface area contributed by atoms with Crippen LogP contribution in [0.5, 0.6) is 0 Å². The van der Waals surface area contributed by atoms with Crippen LogP contribution in [0.1, 0.15) is 18.4 Å². The molecule has 1 fully saturated rings. The van der Waals surface area contributed by atoms with E-state index in [0.717, 1.165) is 0 Å². The van der Waals surface area contributed by atoms with Gasteiger partial charge in [0.05, 0.1) is 5.41 Å². The topological polar surface area (TPSA) is 63.3 Å². The lowest BCUT2D eigenvalue weighted by Gasteiger charge is -2.12. The third-order valence-corrected chi connectivity index (χ3v) is 2.69. The van der Waals surface area contributed by atoms with Crippen molar-refractivity contribution >= 4 is 11.7 Å². The van der Waals surface area contributed by atoms with Gasteiger partial charge in [-0.25, -0.2) is 4.39 Å². The van der Waals surface area contributed by atoms with Crippen LogP contribution in [0.2, 0.25) is 0 Å². The maximum atomic E-state index is 12.9. The van der Waals surface area contributed by atoms with E-state index in [0.29, 0.717) is 24.1 Å². The Morgan fingerprint density at radius 3 is 2.64 bits per heavy atom. The first-order valence-electron chi connectivity index (χ1n) is 4.35. The molecule has 0 radical (unpaired) electrons. The molecule has 1 aromatic carbocycles. The number of carboxylic acid groups (broad SMARTS) is 1. The van der Waals surface area contributed by atoms with Crippen LogP contribution in [0.4, 0.5) is 10.1 Å². The van der Waals surface area contributed by atoms with Crippen molar-refractivity contribution in [1.29, 1.82) is 0 Å². The average molecular weight is 195 g/mol. The quantitative estimate of drug-likeness (QED) is 0.703. The summed E-state index contributed by atoms with van der Waals surface area (Å²) >= 11 is 0. The van der Waals surface area contributed by atoms with E-state index in [1.807, 2.05) is 0 Å². The number of hydrogen-bond acceptors (Lipinski definition) is 2. The van der Waals surface area contributed by atoms with Crippen molar-refractivity contribution in [3.63, 3.8) is 0 Å². The lowest BCUT2D eigenvalue weighted by molar-refractivity contribution is -0.140. The fraction of sp³-hybridized carbons (Fsp3) is 0.300. The third-order valence-electron chi connectivity index (χ3n) is 2.69. The zero-order valence-corrected chi connectivity index (χ0v) is 7.46. The zero-order valence-electron chi connectivity index (χ0n) is 7.46. The molecule has 1 saturated carbocycles. The van der Waals surface area contributed by atoms with E-state index in [9.17, 15) is 9.18 Å². The number of hydrogen-bond donors (Lipinski definition) is 2. The van der Waals surface area contributed by atoms with Crippen LogP contribution in [-0.2, 0) is 10.2 Å². The molecule has 14 heavy (non-hydrogen) atoms. The number of nitrogen functional groups attached to an aromatic ring is 1. The highest BCUT2D eigenvalue weighted by atomic mass is 19.1. The molecule has 0 atom stereocenters. The molecule has 4 heteroatoms. The predicted molar refractivity (Wildman–Crippen MR) is 49.4 cm³/mol. The molecule has 0 aromatic heterocycles. The highest BCUT2D eigenvalue weighted by molar-refractivity contribution is 5.87. The van der Waals surface area contributed by atoms with E-state index in [1.54, 1.807) is 0 Å². The molecular weight excluding hydrogens is 185 g/mol. The molecule has 1 aliphatic rings. The Balaban J connectivity index is 2.51. The predicted octanol–water partition coefficient (Wildman–Crippen LogP) is 1.52. The Bertz CT molecular complexity index is 399. The average Bonchev–Trinajstić information content (AvgIpc) is 2.90. The van der Waals surface area contributed by atoms with Gasteiger partial charge in [-0.15, -0.1) is 0 Å². The van der Waals surface area contributed by atoms with Crippen molar-refractivity contribution in [2.75, 3.05) is 5.73 Å². The first kappa shape index (κ1) is 8.99. The molecule has 0 unspecified atom stereocenters. The lowest BCUT2D eigenvalue weighted by Crippen LogP contribution is -2.21. The molecule has 74 valence electrons. The molecular formula is C10H10FNO2. The van der Waals surface area contributed by atoms with Gasteiger partial charge in [0.15, 0.2) is 0 Å². The van der Waals surface area contributed by atoms with Gasteiger partial charge in [0.2, 0.25) is 0 Å². The van der Waals surface area contributed by atoms with Crippen molar-refractivity contribution in [1.82, 2.24) is 0 Å². The molecule has 1 aliphatic carbocycles. The van der Waals surface area contributed by atoms with E-state index < -0.39 is 17.2 Å². The molecule has 2 rings (SSSR count). The Labute approximate surface area is 80.3 Å². The minimum absolute atomic E-state index is 0.353. The SMILES string of the molecule is Nc1ccc(F)cc1C1(C(=O)O)CC1. The number of benzene rings is 1. The normalized spacial score (nSPS) is 17.8. The summed E-state index contributed by atoms with van der Waals surface area (Å²) in [5.41, 5.74) is 5.46. The van der Waals surface area contributed by atoms with Crippen molar-refractivity contribution in [2.45, 2.75) is 18.3 Å². The second-order valence-corrected chi connectivity index (χ2v) is 3.62. The molecule has 0 heterocycles. The molecule has 0 bridgehead atoms. The Morgan fingerprint density at radius 2 is 2.14 bits per heavy atom. The van der Waals surface area contributed by atoms with Crippen molar-refractivity contribution < 1.29 is 14.3 Å². The number of nitrogens with two attached hydrogens (primary N) is 1. The third kappa shape index (κ3) is 1.14. The molecule has 0 spiro atoms. The Hall–Kier alpha value is -1.58. The minimum Gasteiger partial charge on any atom is -0.481 e. The van der Waals surface area contributed by atoms with E-state index >= 15 is 0 Å². The molecule has 0 amide bonds. The largest absolute Gasteiger partial charge is 0.481 e. The highest BCUT2D eigenvalue weighted by Crippen LogP contribution is 2.50. The van der Waals surface area contributed by atoms with Gasteiger partial charge in [0.1, 0.15) is 5.82 Å². The van der Waals surface area contributed by atoms with Crippen LogP contribution >= 0.6 is 0 Å². The highest BCUT2D eigenvalue weighted by Gasteiger charge is 2.52. The van der Waals surface area contributed by atoms with Gasteiger partial charge in [-0.3, -0.25) is 4.79 Å². The summed E-state index contributed by atoms with van der Waals surface area (Å²) in [5, 5.41) is 8.99. The van der Waals surface area contributed by atoms with Crippen LogP contribution in [0.15, 0.2) is 18.2 Å². The van der Waals surface area contributed by atoms with Gasteiger partial charge in [0.25, 0.3) is 0 Å². The summed E-state index contributed by atoms with van der Waals surface area (Å²) < 4.78 is 12.9. The summed E-state index contributed by atoms with van der Waals surface area (Å²) in [4.78, 5) is 11.0. The smallest absolute Gasteiger partial charge is 0.314 e. The monoisotopic (exact) mass is 195 g/mol. The van der Waals surface area contributed by atoms with E-state index in [1.165, 1.54) is 18.2 Å². The zero-order chi connectivity index (χ0) is 10.3. The summed E-state index contributed by atoms with van der Waals surface area (Å²) in [6, 6.07) is 3.86. The first-order chi connectivity index (χ1) is 6.56. The van der Waals surface area contributed by atoms with E-state index in [-0.39, 0.29) is 0 Å². The van der Waals surface area contributed by atoms with Crippen LogP contribution < -0.4 is 5.73 Å². The Morgan fingerprint density at radius 1 is 1.50 bits per heavy atom. The van der Waals surface area contributed by atoms with Crippen molar-refractivity contribution in [3.8, 4) is 0 Å². The fourth-order valence-corrected chi connectivity index (χ4v) is 1.67. The molecule has 0 aliphatic heterocycles. The summed E-state index contributed by atoms with van der Waals surface area (Å²) in [7, 11) is 0. The number of aliphatic carboxylic acids is 1. The number of rotatable bonds is 2. The standard InChI is InChI=1S/C10H10FNO2/c11-6-1-2-8(12)7(5-6)10(3-4-10)9(13)14/h1-2,5H,3-4,12H2,(H,13,14). The molecule has 3 nitrogen and oxygen atoms in total. The number of anilines is 1. The maximum absolute atomic E-state index is 12.9. The van der Waals surface area contributed by atoms with E-state index in [2.05, 4.69) is 0 Å². The summed E-state index contributed by atoms with van der Waals surface area (Å²) in [6.45, 7) is 0. The van der Waals surface area contributed by atoms with E-state index in [4.69, 9.17) is 10.8 Å². The molecule has 0 saturated heterocycles. The van der Waals surface area contributed by atoms with Crippen molar-refractivity contribution in [2.24, 2.45) is 0 Å². The van der Waals surface area contributed by atoms with Gasteiger partial charge in [0, 0.05) is 5.69 Å². The van der Waals surface area contributed by atoms with Crippen LogP contribution in [-0.4, -0.2) is 11.1 Å². The van der Waals surface area contributed by atoms with Crippen LogP contribution in [0, 0.1) is 5.82 Å².